The Balaban J connectivity index is 1.58. The third kappa shape index (κ3) is 2.71. The molecule has 100 valence electrons. The largest absolute Gasteiger partial charge is 0.309 e. The van der Waals surface area contributed by atoms with Crippen molar-refractivity contribution in [1.29, 1.82) is 5.26 Å². The molecule has 0 aromatic heterocycles. The molecule has 0 radical (unpaired) electrons. The summed E-state index contributed by atoms with van der Waals surface area (Å²) in [5, 5.41) is 12.3. The SMILES string of the molecule is N#Cc1cc(CNC2CC2c2ccccc2)ccc1F. The minimum Gasteiger partial charge on any atom is -0.309 e. The fourth-order valence-corrected chi connectivity index (χ4v) is 2.51. The Morgan fingerprint density at radius 3 is 2.75 bits per heavy atom. The summed E-state index contributed by atoms with van der Waals surface area (Å²) in [4.78, 5) is 0. The molecule has 0 saturated heterocycles. The first-order valence-electron chi connectivity index (χ1n) is 6.75. The topological polar surface area (TPSA) is 35.8 Å². The van der Waals surface area contributed by atoms with Gasteiger partial charge in [0.2, 0.25) is 0 Å². The lowest BCUT2D eigenvalue weighted by atomic mass is 10.1. The average molecular weight is 266 g/mol. The van der Waals surface area contributed by atoms with Crippen LogP contribution in [-0.4, -0.2) is 6.04 Å². The van der Waals surface area contributed by atoms with Crippen molar-refractivity contribution in [2.75, 3.05) is 0 Å². The molecule has 1 aliphatic rings. The van der Waals surface area contributed by atoms with Crippen LogP contribution in [0.25, 0.3) is 0 Å². The molecule has 2 atom stereocenters. The molecule has 3 rings (SSSR count). The zero-order chi connectivity index (χ0) is 13.9. The van der Waals surface area contributed by atoms with Crippen molar-refractivity contribution in [3.05, 3.63) is 71.0 Å². The van der Waals surface area contributed by atoms with Crippen molar-refractivity contribution in [3.63, 3.8) is 0 Å². The highest BCUT2D eigenvalue weighted by molar-refractivity contribution is 5.34. The van der Waals surface area contributed by atoms with Crippen molar-refractivity contribution in [1.82, 2.24) is 5.32 Å². The highest BCUT2D eigenvalue weighted by Gasteiger charge is 2.37. The molecule has 1 aliphatic carbocycles. The van der Waals surface area contributed by atoms with Crippen LogP contribution < -0.4 is 5.32 Å². The maximum Gasteiger partial charge on any atom is 0.140 e. The van der Waals surface area contributed by atoms with Gasteiger partial charge in [-0.15, -0.1) is 0 Å². The van der Waals surface area contributed by atoms with E-state index in [4.69, 9.17) is 5.26 Å². The van der Waals surface area contributed by atoms with Crippen LogP contribution in [0.5, 0.6) is 0 Å². The first-order valence-corrected chi connectivity index (χ1v) is 6.75. The highest BCUT2D eigenvalue weighted by Crippen LogP contribution is 2.40. The van der Waals surface area contributed by atoms with E-state index >= 15 is 0 Å². The molecular weight excluding hydrogens is 251 g/mol. The van der Waals surface area contributed by atoms with Gasteiger partial charge in [0.1, 0.15) is 11.9 Å². The molecule has 2 aromatic carbocycles. The number of benzene rings is 2. The Kier molecular flexibility index (Phi) is 3.49. The van der Waals surface area contributed by atoms with Gasteiger partial charge < -0.3 is 5.32 Å². The number of halogens is 1. The summed E-state index contributed by atoms with van der Waals surface area (Å²) in [5.41, 5.74) is 2.42. The van der Waals surface area contributed by atoms with Crippen LogP contribution >= 0.6 is 0 Å². The maximum atomic E-state index is 13.2. The Labute approximate surface area is 117 Å². The Morgan fingerprint density at radius 1 is 1.20 bits per heavy atom. The summed E-state index contributed by atoms with van der Waals surface area (Å²) in [6.45, 7) is 0.670. The highest BCUT2D eigenvalue weighted by atomic mass is 19.1. The molecule has 1 fully saturated rings. The monoisotopic (exact) mass is 266 g/mol. The molecule has 2 unspecified atom stereocenters. The Hall–Kier alpha value is -2.18. The van der Waals surface area contributed by atoms with E-state index in [0.29, 0.717) is 18.5 Å². The number of nitrogens with zero attached hydrogens (tertiary/aromatic N) is 1. The van der Waals surface area contributed by atoms with Gasteiger partial charge >= 0.3 is 0 Å². The molecule has 2 aromatic rings. The van der Waals surface area contributed by atoms with Crippen LogP contribution in [-0.2, 0) is 6.54 Å². The molecule has 1 saturated carbocycles. The fraction of sp³-hybridized carbons (Fsp3) is 0.235. The van der Waals surface area contributed by atoms with Gasteiger partial charge in [-0.1, -0.05) is 36.4 Å². The van der Waals surface area contributed by atoms with Crippen LogP contribution in [0.2, 0.25) is 0 Å². The normalized spacial score (nSPS) is 20.4. The number of rotatable bonds is 4. The van der Waals surface area contributed by atoms with Crippen LogP contribution in [0.4, 0.5) is 4.39 Å². The first-order chi connectivity index (χ1) is 9.78. The van der Waals surface area contributed by atoms with Crippen molar-refractivity contribution in [3.8, 4) is 6.07 Å². The average Bonchev–Trinajstić information content (AvgIpc) is 3.27. The fourth-order valence-electron chi connectivity index (χ4n) is 2.51. The molecule has 3 heteroatoms. The minimum atomic E-state index is -0.454. The Morgan fingerprint density at radius 2 is 2.00 bits per heavy atom. The van der Waals surface area contributed by atoms with E-state index in [1.54, 1.807) is 12.1 Å². The van der Waals surface area contributed by atoms with Crippen LogP contribution in [0.15, 0.2) is 48.5 Å². The van der Waals surface area contributed by atoms with Crippen molar-refractivity contribution >= 4 is 0 Å². The molecular formula is C17H15FN2. The van der Waals surface area contributed by atoms with E-state index < -0.39 is 5.82 Å². The summed E-state index contributed by atoms with van der Waals surface area (Å²) in [5.74, 6) is 0.122. The standard InChI is InChI=1S/C17H15FN2/c18-16-7-6-12(8-14(16)10-19)11-20-17-9-15(17)13-4-2-1-3-5-13/h1-8,15,17,20H,9,11H2. The number of hydrogen-bond acceptors (Lipinski definition) is 2. The van der Waals surface area contributed by atoms with Gasteiger partial charge in [0.05, 0.1) is 5.56 Å². The second-order valence-corrected chi connectivity index (χ2v) is 5.17. The van der Waals surface area contributed by atoms with E-state index in [1.165, 1.54) is 11.6 Å². The molecule has 0 amide bonds. The second-order valence-electron chi connectivity index (χ2n) is 5.17. The summed E-state index contributed by atoms with van der Waals surface area (Å²) >= 11 is 0. The molecule has 0 heterocycles. The lowest BCUT2D eigenvalue weighted by Crippen LogP contribution is -2.17. The third-order valence-corrected chi connectivity index (χ3v) is 3.74. The number of nitriles is 1. The number of hydrogen-bond donors (Lipinski definition) is 1. The number of nitrogens with one attached hydrogen (secondary N) is 1. The summed E-state index contributed by atoms with van der Waals surface area (Å²) < 4.78 is 13.2. The van der Waals surface area contributed by atoms with Crippen molar-refractivity contribution in [2.24, 2.45) is 0 Å². The van der Waals surface area contributed by atoms with Crippen LogP contribution in [0, 0.1) is 17.1 Å². The van der Waals surface area contributed by atoms with Crippen molar-refractivity contribution < 1.29 is 4.39 Å². The summed E-state index contributed by atoms with van der Waals surface area (Å²) in [7, 11) is 0. The molecule has 0 spiro atoms. The zero-order valence-electron chi connectivity index (χ0n) is 11.0. The predicted molar refractivity (Wildman–Crippen MR) is 75.5 cm³/mol. The van der Waals surface area contributed by atoms with Crippen molar-refractivity contribution in [2.45, 2.75) is 24.9 Å². The van der Waals surface area contributed by atoms with Crippen LogP contribution in [0.3, 0.4) is 0 Å². The zero-order valence-corrected chi connectivity index (χ0v) is 11.0. The van der Waals surface area contributed by atoms with Crippen LogP contribution in [0.1, 0.15) is 29.0 Å². The Bertz CT molecular complexity index is 646. The van der Waals surface area contributed by atoms with Gasteiger partial charge in [-0.05, 0) is 29.7 Å². The summed E-state index contributed by atoms with van der Waals surface area (Å²) in [6.07, 6.45) is 1.14. The quantitative estimate of drug-likeness (QED) is 0.921. The van der Waals surface area contributed by atoms with E-state index in [0.717, 1.165) is 12.0 Å². The van der Waals surface area contributed by atoms with Gasteiger partial charge in [0.25, 0.3) is 0 Å². The molecule has 20 heavy (non-hydrogen) atoms. The van der Waals surface area contributed by atoms with Gasteiger partial charge in [0.15, 0.2) is 0 Å². The molecule has 0 bridgehead atoms. The maximum absolute atomic E-state index is 13.2. The first kappa shape index (κ1) is 12.8. The second kappa shape index (κ2) is 5.44. The van der Waals surface area contributed by atoms with E-state index in [2.05, 4.69) is 29.6 Å². The van der Waals surface area contributed by atoms with E-state index in [9.17, 15) is 4.39 Å². The predicted octanol–water partition coefficient (Wildman–Crippen LogP) is 3.34. The molecule has 1 N–H and O–H groups in total. The van der Waals surface area contributed by atoms with Gasteiger partial charge in [-0.25, -0.2) is 4.39 Å². The molecule has 2 nitrogen and oxygen atoms in total. The van der Waals surface area contributed by atoms with E-state index in [-0.39, 0.29) is 5.56 Å². The van der Waals surface area contributed by atoms with Gasteiger partial charge in [-0.2, -0.15) is 5.26 Å². The minimum absolute atomic E-state index is 0.111. The smallest absolute Gasteiger partial charge is 0.140 e. The summed E-state index contributed by atoms with van der Waals surface area (Å²) in [6, 6.07) is 17.5. The lowest BCUT2D eigenvalue weighted by molar-refractivity contribution is 0.620. The van der Waals surface area contributed by atoms with Gasteiger partial charge in [0, 0.05) is 18.5 Å². The molecule has 0 aliphatic heterocycles. The third-order valence-electron chi connectivity index (χ3n) is 3.74. The van der Waals surface area contributed by atoms with E-state index in [1.807, 2.05) is 12.1 Å². The lowest BCUT2D eigenvalue weighted by Gasteiger charge is -2.05. The van der Waals surface area contributed by atoms with Gasteiger partial charge in [-0.3, -0.25) is 0 Å².